The number of nitro groups is 1. The topological polar surface area (TPSA) is 102 Å². The van der Waals surface area contributed by atoms with Gasteiger partial charge >= 0.3 is 0 Å². The van der Waals surface area contributed by atoms with Gasteiger partial charge in [-0.15, -0.1) is 0 Å². The monoisotopic (exact) mass is 391 g/mol. The highest BCUT2D eigenvalue weighted by Gasteiger charge is 2.29. The van der Waals surface area contributed by atoms with E-state index in [2.05, 4.69) is 5.32 Å². The molecule has 2 aromatic rings. The number of sulfonamides is 1. The highest BCUT2D eigenvalue weighted by atomic mass is 32.2. The second-order valence-corrected chi connectivity index (χ2v) is 8.14. The van der Waals surface area contributed by atoms with E-state index in [4.69, 9.17) is 4.74 Å². The molecule has 1 aliphatic heterocycles. The van der Waals surface area contributed by atoms with Crippen LogP contribution in [0.4, 0.5) is 17.1 Å². The molecule has 1 heterocycles. The predicted molar refractivity (Wildman–Crippen MR) is 102 cm³/mol. The van der Waals surface area contributed by atoms with Gasteiger partial charge in [0.1, 0.15) is 16.3 Å². The Hall–Kier alpha value is -2.65. The molecule has 0 amide bonds. The number of nitrogens with one attached hydrogen (secondary N) is 1. The average molecular weight is 391 g/mol. The van der Waals surface area contributed by atoms with Crippen molar-refractivity contribution in [3.05, 3.63) is 52.6 Å². The molecular formula is C18H21N3O5S. The minimum atomic E-state index is -3.71. The van der Waals surface area contributed by atoms with Gasteiger partial charge in [0.2, 0.25) is 10.0 Å². The summed E-state index contributed by atoms with van der Waals surface area (Å²) < 4.78 is 32.8. The first kappa shape index (κ1) is 19.1. The summed E-state index contributed by atoms with van der Waals surface area (Å²) in [4.78, 5) is 10.8. The van der Waals surface area contributed by atoms with Crippen LogP contribution in [0.1, 0.15) is 19.3 Å². The molecule has 2 aromatic carbocycles. The van der Waals surface area contributed by atoms with Gasteiger partial charge in [0.05, 0.1) is 12.0 Å². The van der Waals surface area contributed by atoms with Gasteiger partial charge in [0, 0.05) is 24.8 Å². The molecule has 0 radical (unpaired) electrons. The van der Waals surface area contributed by atoms with Crippen molar-refractivity contribution in [3.63, 3.8) is 0 Å². The number of rotatable bonds is 6. The van der Waals surface area contributed by atoms with Crippen molar-refractivity contribution >= 4 is 27.1 Å². The third-order valence-corrected chi connectivity index (χ3v) is 6.40. The maximum Gasteiger partial charge on any atom is 0.292 e. The molecule has 0 aromatic heterocycles. The van der Waals surface area contributed by atoms with Gasteiger partial charge < -0.3 is 10.1 Å². The van der Waals surface area contributed by atoms with E-state index in [-0.39, 0.29) is 22.0 Å². The van der Waals surface area contributed by atoms with Crippen molar-refractivity contribution < 1.29 is 18.1 Å². The molecule has 0 saturated carbocycles. The van der Waals surface area contributed by atoms with Crippen molar-refractivity contribution in [3.8, 4) is 5.75 Å². The number of methoxy groups -OCH3 is 1. The second-order valence-electron chi connectivity index (χ2n) is 6.23. The Morgan fingerprint density at radius 2 is 1.81 bits per heavy atom. The van der Waals surface area contributed by atoms with E-state index in [9.17, 15) is 18.5 Å². The molecule has 8 nitrogen and oxygen atoms in total. The number of nitro benzene ring substituents is 1. The lowest BCUT2D eigenvalue weighted by Gasteiger charge is -2.26. The Morgan fingerprint density at radius 3 is 2.48 bits per heavy atom. The number of benzene rings is 2. The number of anilines is 2. The van der Waals surface area contributed by atoms with E-state index in [1.54, 1.807) is 30.3 Å². The lowest BCUT2D eigenvalue weighted by molar-refractivity contribution is -0.383. The largest absolute Gasteiger partial charge is 0.495 e. The lowest BCUT2D eigenvalue weighted by atomic mass is 10.2. The van der Waals surface area contributed by atoms with Crippen LogP contribution in [0.2, 0.25) is 0 Å². The Balaban J connectivity index is 1.98. The van der Waals surface area contributed by atoms with Crippen molar-refractivity contribution in [2.75, 3.05) is 25.5 Å². The summed E-state index contributed by atoms with van der Waals surface area (Å²) in [6.45, 7) is 0.959. The smallest absolute Gasteiger partial charge is 0.292 e. The second kappa shape index (κ2) is 7.93. The minimum absolute atomic E-state index is 0.0514. The number of para-hydroxylation sites is 2. The van der Waals surface area contributed by atoms with E-state index in [1.807, 2.05) is 0 Å². The average Bonchev–Trinajstić information content (AvgIpc) is 2.69. The van der Waals surface area contributed by atoms with Gasteiger partial charge in [-0.05, 0) is 37.1 Å². The van der Waals surface area contributed by atoms with Gasteiger partial charge in [0.25, 0.3) is 5.69 Å². The van der Waals surface area contributed by atoms with Crippen LogP contribution in [-0.2, 0) is 10.0 Å². The van der Waals surface area contributed by atoms with Gasteiger partial charge in [-0.25, -0.2) is 8.42 Å². The normalized spacial score (nSPS) is 15.3. The Morgan fingerprint density at radius 1 is 1.11 bits per heavy atom. The summed E-state index contributed by atoms with van der Waals surface area (Å²) in [6, 6.07) is 10.8. The lowest BCUT2D eigenvalue weighted by Crippen LogP contribution is -2.35. The van der Waals surface area contributed by atoms with Crippen molar-refractivity contribution in [2.24, 2.45) is 0 Å². The van der Waals surface area contributed by atoms with E-state index in [1.165, 1.54) is 23.5 Å². The first-order valence-corrected chi connectivity index (χ1v) is 10.1. The summed E-state index contributed by atoms with van der Waals surface area (Å²) in [7, 11) is -2.30. The molecule has 1 N–H and O–H groups in total. The van der Waals surface area contributed by atoms with Crippen LogP contribution >= 0.6 is 0 Å². The van der Waals surface area contributed by atoms with Crippen LogP contribution < -0.4 is 10.1 Å². The van der Waals surface area contributed by atoms with Crippen LogP contribution in [0.15, 0.2) is 47.4 Å². The van der Waals surface area contributed by atoms with E-state index in [0.717, 1.165) is 19.3 Å². The molecule has 1 aliphatic rings. The predicted octanol–water partition coefficient (Wildman–Crippen LogP) is 3.52. The Labute approximate surface area is 158 Å². The molecule has 27 heavy (non-hydrogen) atoms. The van der Waals surface area contributed by atoms with Gasteiger partial charge in [-0.2, -0.15) is 4.31 Å². The molecule has 144 valence electrons. The number of piperidine rings is 1. The fourth-order valence-electron chi connectivity index (χ4n) is 3.09. The Kier molecular flexibility index (Phi) is 5.62. The molecule has 0 aliphatic carbocycles. The van der Waals surface area contributed by atoms with Crippen LogP contribution in [0.3, 0.4) is 0 Å². The molecule has 1 saturated heterocycles. The van der Waals surface area contributed by atoms with Gasteiger partial charge in [0.15, 0.2) is 0 Å². The summed E-state index contributed by atoms with van der Waals surface area (Å²) in [6.07, 6.45) is 2.67. The van der Waals surface area contributed by atoms with E-state index < -0.39 is 14.9 Å². The van der Waals surface area contributed by atoms with Crippen molar-refractivity contribution in [1.82, 2.24) is 4.31 Å². The SMILES string of the molecule is COc1ccc(Nc2ccccc2[N+](=O)[O-])cc1S(=O)(=O)N1CCCCC1. The van der Waals surface area contributed by atoms with Crippen LogP contribution in [0.5, 0.6) is 5.75 Å². The fraction of sp³-hybridized carbons (Fsp3) is 0.333. The van der Waals surface area contributed by atoms with E-state index >= 15 is 0 Å². The number of nitrogens with zero attached hydrogens (tertiary/aromatic N) is 2. The minimum Gasteiger partial charge on any atom is -0.495 e. The molecular weight excluding hydrogens is 370 g/mol. The zero-order valence-electron chi connectivity index (χ0n) is 14.9. The maximum atomic E-state index is 13.1. The zero-order chi connectivity index (χ0) is 19.4. The molecule has 0 atom stereocenters. The third kappa shape index (κ3) is 4.04. The zero-order valence-corrected chi connectivity index (χ0v) is 15.7. The molecule has 0 unspecified atom stereocenters. The summed E-state index contributed by atoms with van der Waals surface area (Å²) in [5.41, 5.74) is 0.628. The van der Waals surface area contributed by atoms with Crippen LogP contribution in [0, 0.1) is 10.1 Å². The molecule has 9 heteroatoms. The number of ether oxygens (including phenoxy) is 1. The third-order valence-electron chi connectivity index (χ3n) is 4.48. The van der Waals surface area contributed by atoms with Crippen LogP contribution in [-0.4, -0.2) is 37.8 Å². The van der Waals surface area contributed by atoms with Gasteiger partial charge in [-0.3, -0.25) is 10.1 Å². The first-order valence-electron chi connectivity index (χ1n) is 8.62. The van der Waals surface area contributed by atoms with Crippen molar-refractivity contribution in [2.45, 2.75) is 24.2 Å². The molecule has 1 fully saturated rings. The maximum absolute atomic E-state index is 13.1. The molecule has 3 rings (SSSR count). The highest BCUT2D eigenvalue weighted by Crippen LogP contribution is 2.33. The fourth-order valence-corrected chi connectivity index (χ4v) is 4.79. The standard InChI is InChI=1S/C18H21N3O5S/c1-26-17-10-9-14(19-15-7-3-4-8-16(15)21(22)23)13-18(17)27(24,25)20-11-5-2-6-12-20/h3-4,7-10,13,19H,2,5-6,11-12H2,1H3. The van der Waals surface area contributed by atoms with Crippen LogP contribution in [0.25, 0.3) is 0 Å². The van der Waals surface area contributed by atoms with E-state index in [0.29, 0.717) is 18.8 Å². The first-order chi connectivity index (χ1) is 12.9. The summed E-state index contributed by atoms with van der Waals surface area (Å²) in [5.74, 6) is 0.244. The quantitative estimate of drug-likeness (QED) is 0.597. The van der Waals surface area contributed by atoms with Gasteiger partial charge in [-0.1, -0.05) is 18.6 Å². The number of hydrogen-bond acceptors (Lipinski definition) is 6. The highest BCUT2D eigenvalue weighted by molar-refractivity contribution is 7.89. The molecule has 0 bridgehead atoms. The van der Waals surface area contributed by atoms with Crippen molar-refractivity contribution in [1.29, 1.82) is 0 Å². The summed E-state index contributed by atoms with van der Waals surface area (Å²) >= 11 is 0. The molecule has 0 spiro atoms. The summed E-state index contributed by atoms with van der Waals surface area (Å²) in [5, 5.41) is 14.1. The Bertz CT molecular complexity index is 940. The number of hydrogen-bond donors (Lipinski definition) is 1.